The molecule has 0 aromatic heterocycles. The van der Waals surface area contributed by atoms with Gasteiger partial charge in [-0.2, -0.15) is 0 Å². The molecule has 0 aliphatic rings. The van der Waals surface area contributed by atoms with Crippen molar-refractivity contribution < 1.29 is 0 Å². The molecule has 0 aliphatic carbocycles. The summed E-state index contributed by atoms with van der Waals surface area (Å²) in [6.07, 6.45) is 0. The molecular formula is C5ClN5PS5-. The van der Waals surface area contributed by atoms with Crippen LogP contribution in [0.15, 0.2) is 23.8 Å². The van der Waals surface area contributed by atoms with Crippen LogP contribution in [-0.4, -0.2) is 25.8 Å². The summed E-state index contributed by atoms with van der Waals surface area (Å²) in [5.41, 5.74) is 0. The molecule has 0 aliphatic heterocycles. The van der Waals surface area contributed by atoms with Crippen molar-refractivity contribution in [3.8, 4) is 0 Å². The van der Waals surface area contributed by atoms with E-state index in [4.69, 9.17) is 11.2 Å². The first-order valence-electron chi connectivity index (χ1n) is 3.31. The van der Waals surface area contributed by atoms with Crippen molar-refractivity contribution in [1.29, 1.82) is 0 Å². The van der Waals surface area contributed by atoms with E-state index in [1.165, 1.54) is 0 Å². The summed E-state index contributed by atoms with van der Waals surface area (Å²) in [5.74, 6) is 0. The first kappa shape index (κ1) is 16.7. The van der Waals surface area contributed by atoms with Crippen molar-refractivity contribution in [1.82, 2.24) is 0 Å². The van der Waals surface area contributed by atoms with Crippen LogP contribution in [0, 0.1) is 0 Å². The van der Waals surface area contributed by atoms with Crippen molar-refractivity contribution in [3.05, 3.63) is 0 Å². The zero-order valence-corrected chi connectivity index (χ0v) is 13.3. The van der Waals surface area contributed by atoms with Gasteiger partial charge in [-0.05, 0) is 0 Å². The van der Waals surface area contributed by atoms with Gasteiger partial charge in [-0.25, -0.2) is 0 Å². The third-order valence-corrected chi connectivity index (χ3v) is 6.22. The fourth-order valence-corrected chi connectivity index (χ4v) is 6.04. The minimum absolute atomic E-state index is 1.95. The van der Waals surface area contributed by atoms with Gasteiger partial charge in [-0.1, -0.05) is 0 Å². The number of isothiocyanates is 5. The zero-order chi connectivity index (χ0) is 13.5. The van der Waals surface area contributed by atoms with Crippen LogP contribution < -0.4 is 0 Å². The summed E-state index contributed by atoms with van der Waals surface area (Å²) in [6.45, 7) is 0. The molecule has 0 N–H and O–H groups in total. The van der Waals surface area contributed by atoms with Gasteiger partial charge < -0.3 is 0 Å². The van der Waals surface area contributed by atoms with Gasteiger partial charge in [0.1, 0.15) is 0 Å². The van der Waals surface area contributed by atoms with Crippen LogP contribution in [0.5, 0.6) is 0 Å². The Bertz CT molecular complexity index is 483. The standard InChI is InChI=1S/C5ClN5PS5/c6-12(7-1-13,8-2-14,9-3-15,10-4-16)11-5-17/q-1. The SMILES string of the molecule is S=C=N[P-](Cl)(N=C=S)(N=C=S)(N=C=S)N=C=S. The molecule has 0 fully saturated rings. The Hall–Kier alpha value is -0.280. The van der Waals surface area contributed by atoms with Crippen molar-refractivity contribution in [2.75, 3.05) is 0 Å². The molecule has 0 spiro atoms. The van der Waals surface area contributed by atoms with Gasteiger partial charge in [0.2, 0.25) is 0 Å². The number of hydrogen-bond acceptors (Lipinski definition) is 10. The third kappa shape index (κ3) is 3.35. The predicted molar refractivity (Wildman–Crippen MR) is 87.9 cm³/mol. The number of hydrogen-bond donors (Lipinski definition) is 0. The van der Waals surface area contributed by atoms with E-state index in [0.29, 0.717) is 0 Å². The van der Waals surface area contributed by atoms with Gasteiger partial charge in [-0.3, -0.25) is 0 Å². The normalized spacial score (nSPS) is 12.8. The number of nitrogens with zero attached hydrogens (tertiary/aromatic N) is 5. The number of halogens is 1. The van der Waals surface area contributed by atoms with Gasteiger partial charge >= 0.3 is 128 Å². The summed E-state index contributed by atoms with van der Waals surface area (Å²) in [7, 11) is 0. The quantitative estimate of drug-likeness (QED) is 0.417. The summed E-state index contributed by atoms with van der Waals surface area (Å²) >= 11 is 28.4. The Labute approximate surface area is 127 Å². The average molecular weight is 357 g/mol. The Balaban J connectivity index is 7.26. The number of thiocarbonyl (C=S) groups is 5. The molecule has 0 saturated heterocycles. The Morgan fingerprint density at radius 3 is 0.882 bits per heavy atom. The van der Waals surface area contributed by atoms with E-state index < -0.39 is 6.05 Å². The van der Waals surface area contributed by atoms with E-state index in [2.05, 4.69) is 84.9 Å². The summed E-state index contributed by atoms with van der Waals surface area (Å²) < 4.78 is 17.8. The second-order valence-corrected chi connectivity index (χ2v) is 8.95. The third-order valence-electron chi connectivity index (χ3n) is 1.29. The van der Waals surface area contributed by atoms with Gasteiger partial charge in [0.25, 0.3) is 0 Å². The van der Waals surface area contributed by atoms with Crippen molar-refractivity contribution >= 4 is 104 Å². The Morgan fingerprint density at radius 1 is 0.588 bits per heavy atom. The fraction of sp³-hybridized carbons (Fsp3) is 0. The van der Waals surface area contributed by atoms with E-state index in [0.717, 1.165) is 0 Å². The molecule has 12 heteroatoms. The first-order valence-corrected chi connectivity index (χ1v) is 8.70. The molecule has 5 nitrogen and oxygen atoms in total. The van der Waals surface area contributed by atoms with Crippen LogP contribution in [-0.2, 0) is 0 Å². The molecule has 0 bridgehead atoms. The average Bonchev–Trinajstić information content (AvgIpc) is 2.19. The maximum atomic E-state index is 6.21. The second-order valence-electron chi connectivity index (χ2n) is 2.23. The number of rotatable bonds is 5. The Morgan fingerprint density at radius 2 is 0.765 bits per heavy atom. The summed E-state index contributed by atoms with van der Waals surface area (Å²) in [6, 6.07) is -5.50. The molecule has 17 heavy (non-hydrogen) atoms. The Kier molecular flexibility index (Phi) is 5.48. The van der Waals surface area contributed by atoms with E-state index >= 15 is 0 Å². The molecule has 0 atom stereocenters. The zero-order valence-electron chi connectivity index (χ0n) is 7.60. The summed E-state index contributed by atoms with van der Waals surface area (Å²) in [4.78, 5) is 0. The molecule has 88 valence electrons. The first-order chi connectivity index (χ1) is 7.89. The van der Waals surface area contributed by atoms with Crippen LogP contribution in [0.3, 0.4) is 0 Å². The second kappa shape index (κ2) is 5.57. The van der Waals surface area contributed by atoms with Crippen LogP contribution in [0.4, 0.5) is 0 Å². The van der Waals surface area contributed by atoms with Crippen molar-refractivity contribution in [2.45, 2.75) is 0 Å². The van der Waals surface area contributed by atoms with Crippen molar-refractivity contribution in [2.24, 2.45) is 23.8 Å². The molecule has 0 heterocycles. The molecule has 0 aromatic carbocycles. The minimum atomic E-state index is -5.50. The molecular weight excluding hydrogens is 357 g/mol. The van der Waals surface area contributed by atoms with Crippen LogP contribution in [0.1, 0.15) is 0 Å². The van der Waals surface area contributed by atoms with Gasteiger partial charge in [-0.15, -0.1) is 0 Å². The van der Waals surface area contributed by atoms with Gasteiger partial charge in [0, 0.05) is 0 Å². The maximum absolute atomic E-state index is 6.21. The van der Waals surface area contributed by atoms with Gasteiger partial charge in [0.15, 0.2) is 0 Å². The summed E-state index contributed by atoms with van der Waals surface area (Å²) in [5, 5.41) is 9.73. The van der Waals surface area contributed by atoms with Gasteiger partial charge in [0.05, 0.1) is 0 Å². The molecule has 0 rings (SSSR count). The predicted octanol–water partition coefficient (Wildman–Crippen LogP) is 4.32. The van der Waals surface area contributed by atoms with Crippen LogP contribution >= 0.6 is 78.4 Å². The molecule has 0 radical (unpaired) electrons. The van der Waals surface area contributed by atoms with E-state index in [9.17, 15) is 0 Å². The van der Waals surface area contributed by atoms with E-state index in [1.807, 2.05) is 25.8 Å². The van der Waals surface area contributed by atoms with Crippen LogP contribution in [0.25, 0.3) is 0 Å². The van der Waals surface area contributed by atoms with Crippen LogP contribution in [0.2, 0.25) is 0 Å². The molecule has 0 saturated carbocycles. The molecule has 0 unspecified atom stereocenters. The molecule has 0 amide bonds. The topological polar surface area (TPSA) is 61.8 Å². The fourth-order valence-electron chi connectivity index (χ4n) is 0.666. The monoisotopic (exact) mass is 356 g/mol. The van der Waals surface area contributed by atoms with E-state index in [1.54, 1.807) is 0 Å². The van der Waals surface area contributed by atoms with Crippen molar-refractivity contribution in [3.63, 3.8) is 0 Å². The molecule has 0 aromatic rings. The van der Waals surface area contributed by atoms with E-state index in [-0.39, 0.29) is 0 Å².